The van der Waals surface area contributed by atoms with Gasteiger partial charge >= 0.3 is 0 Å². The molecule has 20 heavy (non-hydrogen) atoms. The summed E-state index contributed by atoms with van der Waals surface area (Å²) < 4.78 is 5.97. The maximum Gasteiger partial charge on any atom is 0.121 e. The average molecular weight is 280 g/mol. The minimum atomic E-state index is -0.298. The highest BCUT2D eigenvalue weighted by Gasteiger charge is 2.25. The Morgan fingerprint density at radius 2 is 2.10 bits per heavy atom. The van der Waals surface area contributed by atoms with Crippen LogP contribution >= 0.6 is 0 Å². The van der Waals surface area contributed by atoms with E-state index < -0.39 is 0 Å². The first-order valence-electron chi connectivity index (χ1n) is 7.20. The first-order chi connectivity index (χ1) is 9.40. The maximum atomic E-state index is 9.52. The van der Waals surface area contributed by atoms with Crippen molar-refractivity contribution in [3.63, 3.8) is 0 Å². The molecule has 0 saturated heterocycles. The number of anilines is 1. The van der Waals surface area contributed by atoms with Crippen LogP contribution in [0.3, 0.4) is 0 Å². The van der Waals surface area contributed by atoms with Gasteiger partial charge in [-0.05, 0) is 32.5 Å². The lowest BCUT2D eigenvalue weighted by Gasteiger charge is -2.31. The lowest BCUT2D eigenvalue weighted by molar-refractivity contribution is 0.111. The maximum absolute atomic E-state index is 9.52. The van der Waals surface area contributed by atoms with E-state index in [1.165, 1.54) is 0 Å². The quantitative estimate of drug-likeness (QED) is 0.767. The molecule has 4 nitrogen and oxygen atoms in total. The van der Waals surface area contributed by atoms with E-state index in [-0.39, 0.29) is 18.2 Å². The summed E-state index contributed by atoms with van der Waals surface area (Å²) in [5, 5.41) is 12.8. The number of aliphatic hydroxyl groups is 1. The normalized spacial score (nSPS) is 15.5. The molecule has 114 valence electrons. The molecule has 0 amide bonds. The van der Waals surface area contributed by atoms with Gasteiger partial charge in [0.15, 0.2) is 0 Å². The predicted octanol–water partition coefficient (Wildman–Crippen LogP) is 2.27. The van der Waals surface area contributed by atoms with E-state index in [0.717, 1.165) is 24.4 Å². The Kier molecular flexibility index (Phi) is 6.30. The largest absolute Gasteiger partial charge is 0.491 e. The SMILES string of the molecule is CCNC(C)(CO)CC(C)Oc1cccc(N(C)C)c1. The van der Waals surface area contributed by atoms with Crippen LogP contribution in [0.15, 0.2) is 24.3 Å². The second-order valence-electron chi connectivity index (χ2n) is 5.77. The molecule has 2 unspecified atom stereocenters. The van der Waals surface area contributed by atoms with Crippen LogP contribution in [0.1, 0.15) is 27.2 Å². The number of hydrogen-bond acceptors (Lipinski definition) is 4. The Balaban J connectivity index is 2.66. The van der Waals surface area contributed by atoms with Gasteiger partial charge in [0.1, 0.15) is 5.75 Å². The Bertz CT molecular complexity index is 409. The minimum Gasteiger partial charge on any atom is -0.491 e. The molecule has 0 saturated carbocycles. The highest BCUT2D eigenvalue weighted by atomic mass is 16.5. The fraction of sp³-hybridized carbons (Fsp3) is 0.625. The molecule has 1 rings (SSSR count). The van der Waals surface area contributed by atoms with Crippen LogP contribution in [0.25, 0.3) is 0 Å². The number of aliphatic hydroxyl groups excluding tert-OH is 1. The minimum absolute atomic E-state index is 0.0311. The molecule has 1 aromatic carbocycles. The second-order valence-corrected chi connectivity index (χ2v) is 5.77. The van der Waals surface area contributed by atoms with Crippen molar-refractivity contribution in [3.05, 3.63) is 24.3 Å². The molecule has 0 fully saturated rings. The Labute approximate surface area is 122 Å². The first kappa shape index (κ1) is 16.8. The summed E-state index contributed by atoms with van der Waals surface area (Å²) in [6.07, 6.45) is 0.785. The van der Waals surface area contributed by atoms with Crippen LogP contribution in [0.4, 0.5) is 5.69 Å². The lowest BCUT2D eigenvalue weighted by atomic mass is 9.95. The summed E-state index contributed by atoms with van der Waals surface area (Å²) >= 11 is 0. The van der Waals surface area contributed by atoms with Crippen molar-refractivity contribution < 1.29 is 9.84 Å². The number of nitrogens with one attached hydrogen (secondary N) is 1. The first-order valence-corrected chi connectivity index (χ1v) is 7.20. The fourth-order valence-electron chi connectivity index (χ4n) is 2.36. The molecule has 0 heterocycles. The highest BCUT2D eigenvalue weighted by Crippen LogP contribution is 2.22. The van der Waals surface area contributed by atoms with Crippen molar-refractivity contribution in [1.82, 2.24) is 5.32 Å². The molecule has 4 heteroatoms. The zero-order chi connectivity index (χ0) is 15.2. The van der Waals surface area contributed by atoms with Crippen molar-refractivity contribution in [2.24, 2.45) is 0 Å². The molecular weight excluding hydrogens is 252 g/mol. The van der Waals surface area contributed by atoms with Crippen LogP contribution in [-0.2, 0) is 0 Å². The van der Waals surface area contributed by atoms with Crippen LogP contribution in [-0.4, -0.2) is 44.0 Å². The van der Waals surface area contributed by atoms with Crippen molar-refractivity contribution in [2.45, 2.75) is 38.8 Å². The van der Waals surface area contributed by atoms with Gasteiger partial charge in [-0.25, -0.2) is 0 Å². The van der Waals surface area contributed by atoms with E-state index in [1.807, 2.05) is 64.0 Å². The van der Waals surface area contributed by atoms with Gasteiger partial charge in [-0.3, -0.25) is 0 Å². The summed E-state index contributed by atoms with van der Waals surface area (Å²) in [6, 6.07) is 8.04. The Hall–Kier alpha value is -1.26. The number of rotatable bonds is 8. The van der Waals surface area contributed by atoms with Gasteiger partial charge in [0.2, 0.25) is 0 Å². The molecule has 0 aliphatic rings. The monoisotopic (exact) mass is 280 g/mol. The van der Waals surface area contributed by atoms with E-state index in [0.29, 0.717) is 0 Å². The highest BCUT2D eigenvalue weighted by molar-refractivity contribution is 5.49. The molecule has 0 radical (unpaired) electrons. The summed E-state index contributed by atoms with van der Waals surface area (Å²) in [6.45, 7) is 7.03. The fourth-order valence-corrected chi connectivity index (χ4v) is 2.36. The van der Waals surface area contributed by atoms with E-state index in [4.69, 9.17) is 4.74 Å². The van der Waals surface area contributed by atoms with Gasteiger partial charge in [-0.15, -0.1) is 0 Å². The van der Waals surface area contributed by atoms with Crippen molar-refractivity contribution in [2.75, 3.05) is 32.1 Å². The summed E-state index contributed by atoms with van der Waals surface area (Å²) in [4.78, 5) is 2.05. The topological polar surface area (TPSA) is 44.7 Å². The molecule has 0 spiro atoms. The zero-order valence-corrected chi connectivity index (χ0v) is 13.3. The molecule has 2 N–H and O–H groups in total. The zero-order valence-electron chi connectivity index (χ0n) is 13.3. The Morgan fingerprint density at radius 3 is 2.65 bits per heavy atom. The summed E-state index contributed by atoms with van der Waals surface area (Å²) in [7, 11) is 4.02. The van der Waals surface area contributed by atoms with Crippen molar-refractivity contribution >= 4 is 5.69 Å². The number of nitrogens with zero attached hydrogens (tertiary/aromatic N) is 1. The molecule has 0 aromatic heterocycles. The predicted molar refractivity (Wildman–Crippen MR) is 84.6 cm³/mol. The third-order valence-corrected chi connectivity index (χ3v) is 3.36. The number of likely N-dealkylation sites (N-methyl/N-ethyl adjacent to an activating group) is 1. The number of ether oxygens (including phenoxy) is 1. The number of hydrogen-bond donors (Lipinski definition) is 2. The van der Waals surface area contributed by atoms with Crippen molar-refractivity contribution in [3.8, 4) is 5.75 Å². The van der Waals surface area contributed by atoms with E-state index in [1.54, 1.807) is 0 Å². The van der Waals surface area contributed by atoms with E-state index in [2.05, 4.69) is 5.32 Å². The molecular formula is C16H28N2O2. The second kappa shape index (κ2) is 7.50. The van der Waals surface area contributed by atoms with Crippen LogP contribution in [0.2, 0.25) is 0 Å². The lowest BCUT2D eigenvalue weighted by Crippen LogP contribution is -2.48. The van der Waals surface area contributed by atoms with Crippen LogP contribution in [0, 0.1) is 0 Å². The molecule has 2 atom stereocenters. The van der Waals surface area contributed by atoms with Gasteiger partial charge in [0.05, 0.1) is 12.7 Å². The van der Waals surface area contributed by atoms with Gasteiger partial charge < -0.3 is 20.1 Å². The molecule has 0 aliphatic carbocycles. The Morgan fingerprint density at radius 1 is 1.40 bits per heavy atom. The molecule has 0 bridgehead atoms. The summed E-state index contributed by atoms with van der Waals surface area (Å²) in [5.41, 5.74) is 0.819. The van der Waals surface area contributed by atoms with Gasteiger partial charge in [-0.2, -0.15) is 0 Å². The standard InChI is InChI=1S/C16H28N2O2/c1-6-17-16(3,12-19)11-13(2)20-15-9-7-8-14(10-15)18(4)5/h7-10,13,17,19H,6,11-12H2,1-5H3. The molecule has 1 aromatic rings. The number of benzene rings is 1. The summed E-state index contributed by atoms with van der Waals surface area (Å²) in [5.74, 6) is 0.862. The van der Waals surface area contributed by atoms with Crippen LogP contribution < -0.4 is 15.0 Å². The van der Waals surface area contributed by atoms with E-state index in [9.17, 15) is 5.11 Å². The third-order valence-electron chi connectivity index (χ3n) is 3.36. The van der Waals surface area contributed by atoms with Crippen molar-refractivity contribution in [1.29, 1.82) is 0 Å². The average Bonchev–Trinajstić information content (AvgIpc) is 2.39. The van der Waals surface area contributed by atoms with Crippen LogP contribution in [0.5, 0.6) is 5.75 Å². The van der Waals surface area contributed by atoms with Gasteiger partial charge in [-0.1, -0.05) is 13.0 Å². The third kappa shape index (κ3) is 5.02. The van der Waals surface area contributed by atoms with E-state index >= 15 is 0 Å². The molecule has 0 aliphatic heterocycles. The van der Waals surface area contributed by atoms with Gasteiger partial charge in [0, 0.05) is 37.8 Å². The smallest absolute Gasteiger partial charge is 0.121 e. The van der Waals surface area contributed by atoms with Gasteiger partial charge in [0.25, 0.3) is 0 Å².